The van der Waals surface area contributed by atoms with Crippen molar-refractivity contribution >= 4 is 11.5 Å². The van der Waals surface area contributed by atoms with E-state index in [1.807, 2.05) is 36.9 Å². The first kappa shape index (κ1) is 22.7. The fourth-order valence-electron chi connectivity index (χ4n) is 5.04. The molecule has 1 amide bonds. The molecule has 4 rings (SSSR count). The molecule has 4 nitrogen and oxygen atoms in total. The molecule has 1 heterocycles. The van der Waals surface area contributed by atoms with Gasteiger partial charge in [0, 0.05) is 24.6 Å². The summed E-state index contributed by atoms with van der Waals surface area (Å²) < 4.78 is 30.9. The molecule has 2 atom stereocenters. The molecule has 0 bridgehead atoms. The Labute approximate surface area is 189 Å². The van der Waals surface area contributed by atoms with E-state index in [4.69, 9.17) is 0 Å². The Morgan fingerprint density at radius 3 is 2.72 bits per heavy atom. The van der Waals surface area contributed by atoms with Gasteiger partial charge in [0.15, 0.2) is 0 Å². The van der Waals surface area contributed by atoms with Gasteiger partial charge in [-0.1, -0.05) is 26.3 Å². The maximum atomic E-state index is 14.5. The van der Waals surface area contributed by atoms with Crippen LogP contribution < -0.4 is 5.32 Å². The van der Waals surface area contributed by atoms with Gasteiger partial charge in [-0.25, -0.2) is 13.8 Å². The second kappa shape index (κ2) is 8.80. The summed E-state index contributed by atoms with van der Waals surface area (Å²) in [5, 5.41) is 2.71. The number of rotatable bonds is 4. The lowest BCUT2D eigenvalue weighted by Crippen LogP contribution is -2.49. The minimum absolute atomic E-state index is 0.159. The van der Waals surface area contributed by atoms with Gasteiger partial charge in [0.05, 0.1) is 17.9 Å². The van der Waals surface area contributed by atoms with Crippen LogP contribution >= 0.6 is 0 Å². The highest BCUT2D eigenvalue weighted by atomic mass is 19.3. The van der Waals surface area contributed by atoms with Crippen molar-refractivity contribution in [1.82, 2.24) is 14.9 Å². The van der Waals surface area contributed by atoms with Crippen LogP contribution in [-0.4, -0.2) is 27.4 Å². The Morgan fingerprint density at radius 2 is 2.06 bits per heavy atom. The molecule has 1 N–H and O–H groups in total. The maximum Gasteiger partial charge on any atom is 0.267 e. The zero-order valence-electron chi connectivity index (χ0n) is 19.5. The van der Waals surface area contributed by atoms with E-state index >= 15 is 0 Å². The molecule has 0 aliphatic heterocycles. The van der Waals surface area contributed by atoms with Crippen LogP contribution in [0.25, 0.3) is 16.8 Å². The van der Waals surface area contributed by atoms with Crippen molar-refractivity contribution in [2.75, 3.05) is 0 Å². The lowest BCUT2D eigenvalue weighted by atomic mass is 9.88. The number of alkyl halides is 2. The molecule has 1 aromatic carbocycles. The number of nitrogens with one attached hydrogen (secondary N) is 1. The molecule has 0 radical (unpaired) electrons. The third-order valence-electron chi connectivity index (χ3n) is 7.14. The molecule has 2 aliphatic carbocycles. The molecule has 1 fully saturated rings. The number of halogens is 2. The van der Waals surface area contributed by atoms with Gasteiger partial charge >= 0.3 is 0 Å². The molecule has 1 saturated carbocycles. The molecular formula is C26H33F2N3O. The van der Waals surface area contributed by atoms with Crippen molar-refractivity contribution in [3.8, 4) is 11.3 Å². The van der Waals surface area contributed by atoms with Crippen molar-refractivity contribution in [1.29, 1.82) is 0 Å². The average molecular weight is 442 g/mol. The number of aromatic nitrogens is 2. The zero-order valence-corrected chi connectivity index (χ0v) is 19.5. The molecule has 0 spiro atoms. The van der Waals surface area contributed by atoms with Crippen LogP contribution in [0.5, 0.6) is 0 Å². The second-order valence-electron chi connectivity index (χ2n) is 9.39. The van der Waals surface area contributed by atoms with Gasteiger partial charge in [-0.2, -0.15) is 0 Å². The summed E-state index contributed by atoms with van der Waals surface area (Å²) >= 11 is 0. The molecule has 32 heavy (non-hydrogen) atoms. The lowest BCUT2D eigenvalue weighted by molar-refractivity contribution is -0.122. The summed E-state index contributed by atoms with van der Waals surface area (Å²) in [6.07, 6.45) is 7.86. The van der Waals surface area contributed by atoms with Crippen LogP contribution in [0, 0.1) is 12.8 Å². The number of nitrogens with zero attached hydrogens (tertiary/aromatic N) is 2. The third kappa shape index (κ3) is 4.24. The van der Waals surface area contributed by atoms with Gasteiger partial charge in [-0.15, -0.1) is 0 Å². The normalized spacial score (nSPS) is 22.6. The Kier molecular flexibility index (Phi) is 6.24. The first-order valence-corrected chi connectivity index (χ1v) is 11.8. The standard InChI is InChI=1S/C26H33F2N3O/c1-5-18-13-19(23-15-29-17(3)31(23)4)14-21-20(18)10-9-16(2)12-22(21)25(32)30-24-8-6-7-11-26(24,27)28/h12-16,24H,5-11H2,1-4H3,(H,30,32)/t16?,24-/m1/s1. The smallest absolute Gasteiger partial charge is 0.267 e. The van der Waals surface area contributed by atoms with Gasteiger partial charge in [-0.3, -0.25) is 4.79 Å². The molecule has 1 aromatic heterocycles. The average Bonchev–Trinajstić information content (AvgIpc) is 2.99. The summed E-state index contributed by atoms with van der Waals surface area (Å²) in [7, 11) is 1.98. The number of aryl methyl sites for hydroxylation is 2. The quantitative estimate of drug-likeness (QED) is 0.670. The highest BCUT2D eigenvalue weighted by molar-refractivity contribution is 6.20. The second-order valence-corrected chi connectivity index (χ2v) is 9.39. The minimum atomic E-state index is -2.85. The zero-order chi connectivity index (χ0) is 23.0. The SMILES string of the molecule is CCc1cc(-c2cnc(C)n2C)cc2c1CCC(C)C=C2C(=O)N[C@@H]1CCCCC1(F)F. The molecule has 2 aliphatic rings. The van der Waals surface area contributed by atoms with Crippen molar-refractivity contribution in [3.63, 3.8) is 0 Å². The Bertz CT molecular complexity index is 1050. The van der Waals surface area contributed by atoms with E-state index in [1.54, 1.807) is 0 Å². The first-order chi connectivity index (χ1) is 15.2. The van der Waals surface area contributed by atoms with Crippen molar-refractivity contribution in [2.45, 2.75) is 77.7 Å². The van der Waals surface area contributed by atoms with E-state index in [2.05, 4.69) is 30.2 Å². The molecule has 172 valence electrons. The largest absolute Gasteiger partial charge is 0.343 e. The van der Waals surface area contributed by atoms with E-state index in [0.717, 1.165) is 53.9 Å². The Balaban J connectivity index is 1.78. The van der Waals surface area contributed by atoms with Crippen molar-refractivity contribution in [3.05, 3.63) is 46.9 Å². The minimum Gasteiger partial charge on any atom is -0.343 e. The summed E-state index contributed by atoms with van der Waals surface area (Å²) in [6.45, 7) is 6.16. The number of amides is 1. The summed E-state index contributed by atoms with van der Waals surface area (Å²) in [6, 6.07) is 3.14. The number of carbonyl (C=O) groups excluding carboxylic acids is 1. The lowest BCUT2D eigenvalue weighted by Gasteiger charge is -2.32. The monoisotopic (exact) mass is 441 g/mol. The number of hydrogen-bond acceptors (Lipinski definition) is 2. The number of imidazole rings is 1. The molecule has 2 aromatic rings. The van der Waals surface area contributed by atoms with Crippen LogP contribution in [0.1, 0.15) is 68.5 Å². The predicted molar refractivity (Wildman–Crippen MR) is 124 cm³/mol. The number of carbonyl (C=O) groups is 1. The van der Waals surface area contributed by atoms with Gasteiger partial charge in [0.2, 0.25) is 0 Å². The molecular weight excluding hydrogens is 408 g/mol. The first-order valence-electron chi connectivity index (χ1n) is 11.8. The fourth-order valence-corrected chi connectivity index (χ4v) is 5.04. The summed E-state index contributed by atoms with van der Waals surface area (Å²) in [5.74, 6) is -2.13. The van der Waals surface area contributed by atoms with Crippen LogP contribution in [-0.2, 0) is 24.7 Å². The van der Waals surface area contributed by atoms with Gasteiger partial charge in [0.1, 0.15) is 5.82 Å². The topological polar surface area (TPSA) is 46.9 Å². The Hall–Kier alpha value is -2.50. The van der Waals surface area contributed by atoms with E-state index in [9.17, 15) is 13.6 Å². The number of allylic oxidation sites excluding steroid dienone is 1. The van der Waals surface area contributed by atoms with Gasteiger partial charge < -0.3 is 9.88 Å². The number of hydrogen-bond donors (Lipinski definition) is 1. The summed E-state index contributed by atoms with van der Waals surface area (Å²) in [4.78, 5) is 17.8. The van der Waals surface area contributed by atoms with Gasteiger partial charge in [-0.05, 0) is 73.8 Å². The van der Waals surface area contributed by atoms with E-state index in [0.29, 0.717) is 18.4 Å². The maximum absolute atomic E-state index is 14.5. The van der Waals surface area contributed by atoms with Crippen molar-refractivity contribution < 1.29 is 13.6 Å². The van der Waals surface area contributed by atoms with Crippen molar-refractivity contribution in [2.24, 2.45) is 13.0 Å². The summed E-state index contributed by atoms with van der Waals surface area (Å²) in [5.41, 5.74) is 5.75. The number of fused-ring (bicyclic) bond motifs is 1. The Morgan fingerprint density at radius 1 is 1.28 bits per heavy atom. The predicted octanol–water partition coefficient (Wildman–Crippen LogP) is 5.62. The molecule has 1 unspecified atom stereocenters. The van der Waals surface area contributed by atoms with E-state index in [1.165, 1.54) is 5.56 Å². The molecule has 0 saturated heterocycles. The third-order valence-corrected chi connectivity index (χ3v) is 7.14. The highest BCUT2D eigenvalue weighted by Crippen LogP contribution is 2.37. The van der Waals surface area contributed by atoms with E-state index < -0.39 is 12.0 Å². The molecule has 6 heteroatoms. The fraction of sp³-hybridized carbons (Fsp3) is 0.538. The van der Waals surface area contributed by atoms with Crippen LogP contribution in [0.4, 0.5) is 8.78 Å². The van der Waals surface area contributed by atoms with Crippen LogP contribution in [0.2, 0.25) is 0 Å². The number of benzene rings is 1. The van der Waals surface area contributed by atoms with Gasteiger partial charge in [0.25, 0.3) is 11.8 Å². The highest BCUT2D eigenvalue weighted by Gasteiger charge is 2.42. The van der Waals surface area contributed by atoms with E-state index in [-0.39, 0.29) is 18.2 Å². The van der Waals surface area contributed by atoms with Crippen LogP contribution in [0.3, 0.4) is 0 Å². The van der Waals surface area contributed by atoms with Crippen LogP contribution in [0.15, 0.2) is 24.4 Å².